The van der Waals surface area contributed by atoms with Crippen LogP contribution in [0.4, 0.5) is 0 Å². The molecule has 2 rings (SSSR count). The minimum absolute atomic E-state index is 0.0193. The maximum absolute atomic E-state index is 11.7. The Bertz CT molecular complexity index is 651. The molecular formula is C13H12BrN3O3S. The molecule has 110 valence electrons. The second-order valence-electron chi connectivity index (χ2n) is 4.13. The molecule has 3 N–H and O–H groups in total. The lowest BCUT2D eigenvalue weighted by atomic mass is 10.2. The minimum Gasteiger partial charge on any atom is -0.356 e. The number of aromatic amines is 1. The van der Waals surface area contributed by atoms with E-state index in [0.717, 1.165) is 4.47 Å². The van der Waals surface area contributed by atoms with Gasteiger partial charge in [-0.1, -0.05) is 6.07 Å². The zero-order valence-electron chi connectivity index (χ0n) is 10.8. The summed E-state index contributed by atoms with van der Waals surface area (Å²) in [5, 5.41) is 1.81. The first-order valence-electron chi connectivity index (χ1n) is 6.06. The number of H-pyrrole nitrogens is 1. The van der Waals surface area contributed by atoms with Gasteiger partial charge in [0.2, 0.25) is 5.91 Å². The Morgan fingerprint density at radius 1 is 1.24 bits per heavy atom. The van der Waals surface area contributed by atoms with Crippen molar-refractivity contribution >= 4 is 44.9 Å². The molecule has 21 heavy (non-hydrogen) atoms. The highest BCUT2D eigenvalue weighted by atomic mass is 79.9. The third kappa shape index (κ3) is 4.54. The van der Waals surface area contributed by atoms with Crippen molar-refractivity contribution < 1.29 is 14.4 Å². The molecule has 0 saturated carbocycles. The van der Waals surface area contributed by atoms with Crippen LogP contribution in [0.25, 0.3) is 0 Å². The highest BCUT2D eigenvalue weighted by molar-refractivity contribution is 9.10. The topological polar surface area (TPSA) is 91.1 Å². The van der Waals surface area contributed by atoms with Crippen LogP contribution in [0.1, 0.15) is 33.0 Å². The fourth-order valence-electron chi connectivity index (χ4n) is 1.54. The van der Waals surface area contributed by atoms with Crippen molar-refractivity contribution in [1.82, 2.24) is 15.8 Å². The molecule has 2 heterocycles. The van der Waals surface area contributed by atoms with Crippen LogP contribution < -0.4 is 10.9 Å². The molecule has 8 heteroatoms. The number of rotatable bonds is 5. The summed E-state index contributed by atoms with van der Waals surface area (Å²) >= 11 is 4.55. The summed E-state index contributed by atoms with van der Waals surface area (Å²) in [4.78, 5) is 38.3. The smallest absolute Gasteiger partial charge is 0.286 e. The van der Waals surface area contributed by atoms with Crippen molar-refractivity contribution in [2.24, 2.45) is 0 Å². The first-order valence-corrected chi connectivity index (χ1v) is 7.73. The lowest BCUT2D eigenvalue weighted by molar-refractivity contribution is -0.121. The van der Waals surface area contributed by atoms with Crippen molar-refractivity contribution in [3.8, 4) is 0 Å². The van der Waals surface area contributed by atoms with Gasteiger partial charge in [-0.15, -0.1) is 11.3 Å². The Hall–Kier alpha value is -1.93. The molecule has 6 nitrogen and oxygen atoms in total. The number of hydrazine groups is 1. The maximum Gasteiger partial charge on any atom is 0.286 e. The largest absolute Gasteiger partial charge is 0.356 e. The summed E-state index contributed by atoms with van der Waals surface area (Å²) in [6.07, 6.45) is 1.73. The summed E-state index contributed by atoms with van der Waals surface area (Å²) in [6, 6.07) is 5.09. The molecule has 0 unspecified atom stereocenters. The summed E-state index contributed by atoms with van der Waals surface area (Å²) in [5.41, 5.74) is 4.86. The van der Waals surface area contributed by atoms with Gasteiger partial charge in [0.15, 0.2) is 5.78 Å². The van der Waals surface area contributed by atoms with Crippen LogP contribution in [0.3, 0.4) is 0 Å². The van der Waals surface area contributed by atoms with E-state index >= 15 is 0 Å². The van der Waals surface area contributed by atoms with Crippen LogP contribution in [-0.2, 0) is 4.79 Å². The Balaban J connectivity index is 1.72. The molecule has 0 aromatic carbocycles. The van der Waals surface area contributed by atoms with Crippen LogP contribution in [-0.4, -0.2) is 22.6 Å². The van der Waals surface area contributed by atoms with Gasteiger partial charge in [0.05, 0.1) is 4.88 Å². The Labute approximate surface area is 133 Å². The average molecular weight is 370 g/mol. The number of hydrogen-bond acceptors (Lipinski definition) is 4. The van der Waals surface area contributed by atoms with E-state index in [1.165, 1.54) is 11.3 Å². The number of aromatic nitrogens is 1. The highest BCUT2D eigenvalue weighted by Gasteiger charge is 2.12. The molecule has 0 radical (unpaired) electrons. The van der Waals surface area contributed by atoms with E-state index in [0.29, 0.717) is 10.6 Å². The number of ketones is 1. The number of Topliss-reactive ketones (excluding diaryl/α,β-unsaturated/α-hetero) is 1. The zero-order valence-corrected chi connectivity index (χ0v) is 13.2. The molecule has 0 spiro atoms. The van der Waals surface area contributed by atoms with Gasteiger partial charge in [-0.25, -0.2) is 0 Å². The van der Waals surface area contributed by atoms with E-state index in [1.54, 1.807) is 24.4 Å². The van der Waals surface area contributed by atoms with E-state index in [9.17, 15) is 14.4 Å². The molecule has 2 aromatic rings. The molecule has 0 fully saturated rings. The summed E-state index contributed by atoms with van der Waals surface area (Å²) in [6.45, 7) is 0. The lowest BCUT2D eigenvalue weighted by Gasteiger charge is -2.05. The molecule has 2 aromatic heterocycles. The second kappa shape index (κ2) is 7.19. The van der Waals surface area contributed by atoms with Gasteiger partial charge in [-0.05, 0) is 33.4 Å². The SMILES string of the molecule is O=C(CCC(=O)c1cccs1)NNC(=O)c1cc(Br)c[nH]1. The van der Waals surface area contributed by atoms with Crippen molar-refractivity contribution in [3.63, 3.8) is 0 Å². The van der Waals surface area contributed by atoms with Crippen molar-refractivity contribution in [2.45, 2.75) is 12.8 Å². The fourth-order valence-corrected chi connectivity index (χ4v) is 2.58. The number of nitrogens with one attached hydrogen (secondary N) is 3. The average Bonchev–Trinajstić information content (AvgIpc) is 3.13. The molecule has 2 amide bonds. The number of carbonyl (C=O) groups excluding carboxylic acids is 3. The normalized spacial score (nSPS) is 10.1. The van der Waals surface area contributed by atoms with Gasteiger partial charge >= 0.3 is 0 Å². The zero-order chi connectivity index (χ0) is 15.2. The fraction of sp³-hybridized carbons (Fsp3) is 0.154. The van der Waals surface area contributed by atoms with Crippen LogP contribution in [0.2, 0.25) is 0 Å². The summed E-state index contributed by atoms with van der Waals surface area (Å²) in [5.74, 6) is -0.961. The summed E-state index contributed by atoms with van der Waals surface area (Å²) in [7, 11) is 0. The predicted molar refractivity (Wildman–Crippen MR) is 82.0 cm³/mol. The third-order valence-electron chi connectivity index (χ3n) is 2.58. The predicted octanol–water partition coefficient (Wildman–Crippen LogP) is 2.26. The molecule has 0 aliphatic heterocycles. The van der Waals surface area contributed by atoms with Crippen LogP contribution in [0.15, 0.2) is 34.2 Å². The van der Waals surface area contributed by atoms with Crippen LogP contribution in [0, 0.1) is 0 Å². The molecule has 0 aliphatic carbocycles. The van der Waals surface area contributed by atoms with Gasteiger partial charge in [-0.3, -0.25) is 25.2 Å². The van der Waals surface area contributed by atoms with Gasteiger partial charge in [-0.2, -0.15) is 0 Å². The monoisotopic (exact) mass is 369 g/mol. The van der Waals surface area contributed by atoms with Crippen LogP contribution in [0.5, 0.6) is 0 Å². The first kappa shape index (κ1) is 15.5. The molecule has 0 atom stereocenters. The molecule has 0 saturated heterocycles. The second-order valence-corrected chi connectivity index (χ2v) is 6.00. The lowest BCUT2D eigenvalue weighted by Crippen LogP contribution is -2.41. The van der Waals surface area contributed by atoms with Gasteiger partial charge in [0.25, 0.3) is 5.91 Å². The van der Waals surface area contributed by atoms with E-state index in [-0.39, 0.29) is 18.6 Å². The minimum atomic E-state index is -0.460. The van der Waals surface area contributed by atoms with E-state index < -0.39 is 11.8 Å². The van der Waals surface area contributed by atoms with Gasteiger partial charge in [0, 0.05) is 23.5 Å². The third-order valence-corrected chi connectivity index (χ3v) is 3.95. The van der Waals surface area contributed by atoms with Crippen molar-refractivity contribution in [2.75, 3.05) is 0 Å². The maximum atomic E-state index is 11.7. The van der Waals surface area contributed by atoms with Crippen molar-refractivity contribution in [1.29, 1.82) is 0 Å². The van der Waals surface area contributed by atoms with Gasteiger partial charge < -0.3 is 4.98 Å². The molecular weight excluding hydrogens is 358 g/mol. The standard InChI is InChI=1S/C13H12BrN3O3S/c14-8-6-9(15-7-8)13(20)17-16-12(19)4-3-10(18)11-2-1-5-21-11/h1-2,5-7,15H,3-4H2,(H,16,19)(H,17,20). The first-order chi connectivity index (χ1) is 10.1. The number of carbonyl (C=O) groups is 3. The number of halogens is 1. The summed E-state index contributed by atoms with van der Waals surface area (Å²) < 4.78 is 0.737. The Morgan fingerprint density at radius 3 is 2.67 bits per heavy atom. The van der Waals surface area contributed by atoms with Crippen molar-refractivity contribution in [3.05, 3.63) is 44.8 Å². The Morgan fingerprint density at radius 2 is 2.05 bits per heavy atom. The van der Waals surface area contributed by atoms with E-state index in [4.69, 9.17) is 0 Å². The number of amides is 2. The van der Waals surface area contributed by atoms with E-state index in [1.807, 2.05) is 5.38 Å². The molecule has 0 bridgehead atoms. The number of thiophene rings is 1. The van der Waals surface area contributed by atoms with Crippen LogP contribution >= 0.6 is 27.3 Å². The Kier molecular flexibility index (Phi) is 5.29. The number of hydrogen-bond donors (Lipinski definition) is 3. The highest BCUT2D eigenvalue weighted by Crippen LogP contribution is 2.12. The van der Waals surface area contributed by atoms with E-state index in [2.05, 4.69) is 31.8 Å². The molecule has 0 aliphatic rings. The van der Waals surface area contributed by atoms with Gasteiger partial charge in [0.1, 0.15) is 5.69 Å². The quantitative estimate of drug-likeness (QED) is 0.557.